The highest BCUT2D eigenvalue weighted by atomic mass is 16.2. The summed E-state index contributed by atoms with van der Waals surface area (Å²) < 4.78 is 0. The monoisotopic (exact) mass is 280 g/mol. The molecule has 20 heavy (non-hydrogen) atoms. The fraction of sp³-hybridized carbons (Fsp3) is 0.667. The summed E-state index contributed by atoms with van der Waals surface area (Å²) in [5.41, 5.74) is 0. The van der Waals surface area contributed by atoms with E-state index >= 15 is 0 Å². The number of amides is 3. The number of rotatable bonds is 8. The summed E-state index contributed by atoms with van der Waals surface area (Å²) in [6.45, 7) is 6.06. The molecule has 5 nitrogen and oxygen atoms in total. The fourth-order valence-electron chi connectivity index (χ4n) is 2.25. The van der Waals surface area contributed by atoms with Crippen LogP contribution in [0.3, 0.4) is 0 Å². The number of hydrogen-bond acceptors (Lipinski definition) is 3. The van der Waals surface area contributed by atoms with Crippen LogP contribution in [0, 0.1) is 5.92 Å². The summed E-state index contributed by atoms with van der Waals surface area (Å²) in [7, 11) is 0. The maximum atomic E-state index is 11.7. The number of hydrogen-bond donors (Lipinski definition) is 0. The van der Waals surface area contributed by atoms with Gasteiger partial charge in [0.1, 0.15) is 0 Å². The van der Waals surface area contributed by atoms with E-state index in [2.05, 4.69) is 6.92 Å². The van der Waals surface area contributed by atoms with E-state index in [1.165, 1.54) is 11.0 Å². The smallest absolute Gasteiger partial charge is 0.252 e. The van der Waals surface area contributed by atoms with Crippen LogP contribution in [-0.4, -0.2) is 47.7 Å². The molecule has 0 radical (unpaired) electrons. The zero-order valence-corrected chi connectivity index (χ0v) is 12.4. The number of carbonyl (C=O) groups is 3. The van der Waals surface area contributed by atoms with Gasteiger partial charge < -0.3 is 4.90 Å². The van der Waals surface area contributed by atoms with Gasteiger partial charge in [-0.2, -0.15) is 0 Å². The summed E-state index contributed by atoms with van der Waals surface area (Å²) >= 11 is 0. The highest BCUT2D eigenvalue weighted by Gasteiger charge is 2.26. The van der Waals surface area contributed by atoms with Gasteiger partial charge in [-0.15, -0.1) is 0 Å². The maximum absolute atomic E-state index is 11.7. The molecule has 1 saturated heterocycles. The second kappa shape index (κ2) is 8.51. The molecule has 1 aliphatic heterocycles. The molecule has 0 aromatic rings. The summed E-state index contributed by atoms with van der Waals surface area (Å²) in [6.07, 6.45) is 6.53. The van der Waals surface area contributed by atoms with Crippen molar-refractivity contribution in [1.29, 1.82) is 0 Å². The molecule has 1 aliphatic rings. The van der Waals surface area contributed by atoms with Crippen LogP contribution in [0.15, 0.2) is 12.2 Å². The highest BCUT2D eigenvalue weighted by molar-refractivity contribution is 5.94. The van der Waals surface area contributed by atoms with Crippen molar-refractivity contribution >= 4 is 18.2 Å². The Kier molecular flexibility index (Phi) is 6.98. The molecule has 0 aliphatic carbocycles. The molecule has 1 fully saturated rings. The van der Waals surface area contributed by atoms with E-state index in [4.69, 9.17) is 0 Å². The SMILES string of the molecule is C/C=C\C(=O)N(C=O)CCCCCC(=O)N1CC(C)C1. The lowest BCUT2D eigenvalue weighted by Crippen LogP contribution is -2.48. The molecule has 0 atom stereocenters. The Balaban J connectivity index is 2.10. The van der Waals surface area contributed by atoms with Crippen molar-refractivity contribution in [2.24, 2.45) is 5.92 Å². The van der Waals surface area contributed by atoms with Crippen LogP contribution in [-0.2, 0) is 14.4 Å². The van der Waals surface area contributed by atoms with E-state index in [0.717, 1.165) is 32.4 Å². The average Bonchev–Trinajstić information content (AvgIpc) is 2.39. The first-order valence-electron chi connectivity index (χ1n) is 7.24. The lowest BCUT2D eigenvalue weighted by molar-refractivity contribution is -0.137. The number of unbranched alkanes of at least 4 members (excludes halogenated alkanes) is 2. The first-order chi connectivity index (χ1) is 9.58. The van der Waals surface area contributed by atoms with Gasteiger partial charge in [-0.05, 0) is 31.8 Å². The molecule has 0 saturated carbocycles. The summed E-state index contributed by atoms with van der Waals surface area (Å²) in [4.78, 5) is 37.0. The Morgan fingerprint density at radius 2 is 1.95 bits per heavy atom. The minimum atomic E-state index is -0.284. The molecule has 3 amide bonds. The minimum Gasteiger partial charge on any atom is -0.342 e. The molecule has 0 bridgehead atoms. The highest BCUT2D eigenvalue weighted by Crippen LogP contribution is 2.16. The molecular weight excluding hydrogens is 256 g/mol. The van der Waals surface area contributed by atoms with Gasteiger partial charge in [0.25, 0.3) is 5.91 Å². The number of carbonyl (C=O) groups excluding carboxylic acids is 3. The predicted octanol–water partition coefficient (Wildman–Crippen LogP) is 1.59. The zero-order valence-electron chi connectivity index (χ0n) is 12.4. The molecule has 1 heterocycles. The van der Waals surface area contributed by atoms with Crippen molar-refractivity contribution in [3.8, 4) is 0 Å². The van der Waals surface area contributed by atoms with Gasteiger partial charge in [0.2, 0.25) is 12.3 Å². The molecule has 0 spiro atoms. The molecule has 1 rings (SSSR count). The maximum Gasteiger partial charge on any atom is 0.252 e. The number of allylic oxidation sites excluding steroid dienone is 1. The number of likely N-dealkylation sites (tertiary alicyclic amines) is 1. The predicted molar refractivity (Wildman–Crippen MR) is 76.8 cm³/mol. The quantitative estimate of drug-likeness (QED) is 0.385. The van der Waals surface area contributed by atoms with E-state index in [1.807, 2.05) is 4.90 Å². The van der Waals surface area contributed by atoms with Gasteiger partial charge in [0.05, 0.1) is 0 Å². The third kappa shape index (κ3) is 5.15. The Morgan fingerprint density at radius 3 is 2.50 bits per heavy atom. The second-order valence-corrected chi connectivity index (χ2v) is 5.35. The van der Waals surface area contributed by atoms with Crippen LogP contribution in [0.2, 0.25) is 0 Å². The molecule has 0 N–H and O–H groups in total. The molecular formula is C15H24N2O3. The van der Waals surface area contributed by atoms with Crippen LogP contribution >= 0.6 is 0 Å². The lowest BCUT2D eigenvalue weighted by atomic mass is 10.0. The van der Waals surface area contributed by atoms with Crippen LogP contribution in [0.25, 0.3) is 0 Å². The third-order valence-corrected chi connectivity index (χ3v) is 3.43. The van der Waals surface area contributed by atoms with Crippen molar-refractivity contribution < 1.29 is 14.4 Å². The van der Waals surface area contributed by atoms with Crippen molar-refractivity contribution in [3.63, 3.8) is 0 Å². The third-order valence-electron chi connectivity index (χ3n) is 3.43. The molecule has 0 aromatic heterocycles. The van der Waals surface area contributed by atoms with Gasteiger partial charge in [0, 0.05) is 26.1 Å². The minimum absolute atomic E-state index is 0.223. The first kappa shape index (κ1) is 16.4. The lowest BCUT2D eigenvalue weighted by Gasteiger charge is -2.37. The van der Waals surface area contributed by atoms with Crippen LogP contribution < -0.4 is 0 Å². The van der Waals surface area contributed by atoms with E-state index in [-0.39, 0.29) is 11.8 Å². The first-order valence-corrected chi connectivity index (χ1v) is 7.24. The average molecular weight is 280 g/mol. The summed E-state index contributed by atoms with van der Waals surface area (Å²) in [6, 6.07) is 0. The van der Waals surface area contributed by atoms with Crippen LogP contribution in [0.1, 0.15) is 39.5 Å². The van der Waals surface area contributed by atoms with Gasteiger partial charge in [-0.1, -0.05) is 19.4 Å². The Morgan fingerprint density at radius 1 is 1.25 bits per heavy atom. The van der Waals surface area contributed by atoms with Gasteiger partial charge in [0.15, 0.2) is 0 Å². The van der Waals surface area contributed by atoms with Crippen LogP contribution in [0.4, 0.5) is 0 Å². The van der Waals surface area contributed by atoms with E-state index in [1.54, 1.807) is 13.0 Å². The molecule has 112 valence electrons. The molecule has 5 heteroatoms. The van der Waals surface area contributed by atoms with E-state index in [9.17, 15) is 14.4 Å². The summed E-state index contributed by atoms with van der Waals surface area (Å²) in [5.74, 6) is 0.575. The van der Waals surface area contributed by atoms with Gasteiger partial charge in [-0.3, -0.25) is 19.3 Å². The molecule has 0 aromatic carbocycles. The van der Waals surface area contributed by atoms with Crippen molar-refractivity contribution in [3.05, 3.63) is 12.2 Å². The normalized spacial score (nSPS) is 15.2. The topological polar surface area (TPSA) is 57.7 Å². The summed E-state index contributed by atoms with van der Waals surface area (Å²) in [5, 5.41) is 0. The second-order valence-electron chi connectivity index (χ2n) is 5.35. The van der Waals surface area contributed by atoms with Gasteiger partial charge >= 0.3 is 0 Å². The van der Waals surface area contributed by atoms with Crippen molar-refractivity contribution in [2.75, 3.05) is 19.6 Å². The van der Waals surface area contributed by atoms with Crippen molar-refractivity contribution in [2.45, 2.75) is 39.5 Å². The van der Waals surface area contributed by atoms with Crippen molar-refractivity contribution in [1.82, 2.24) is 9.80 Å². The molecule has 0 unspecified atom stereocenters. The van der Waals surface area contributed by atoms with E-state index in [0.29, 0.717) is 25.3 Å². The Bertz CT molecular complexity index is 373. The zero-order chi connectivity index (χ0) is 15.0. The van der Waals surface area contributed by atoms with E-state index < -0.39 is 0 Å². The van der Waals surface area contributed by atoms with Crippen LogP contribution in [0.5, 0.6) is 0 Å². The number of imide groups is 1. The van der Waals surface area contributed by atoms with Gasteiger partial charge in [-0.25, -0.2) is 0 Å². The largest absolute Gasteiger partial charge is 0.342 e. The Labute approximate surface area is 120 Å². The Hall–Kier alpha value is -1.65. The fourth-order valence-corrected chi connectivity index (χ4v) is 2.25. The standard InChI is InChI=1S/C15H24N2O3/c1-3-7-14(19)16(12-18)9-6-4-5-8-15(20)17-10-13(2)11-17/h3,7,12-13H,4-6,8-11H2,1-2H3/b7-3-. The number of nitrogens with zero attached hydrogens (tertiary/aromatic N) is 2.